The van der Waals surface area contributed by atoms with Crippen molar-refractivity contribution in [3.8, 4) is 18.1 Å². The summed E-state index contributed by atoms with van der Waals surface area (Å²) in [5, 5.41) is 0.412. The van der Waals surface area contributed by atoms with Gasteiger partial charge in [0.1, 0.15) is 11.3 Å². The van der Waals surface area contributed by atoms with E-state index in [4.69, 9.17) is 15.6 Å². The van der Waals surface area contributed by atoms with Crippen LogP contribution in [0, 0.1) is 12.3 Å². The lowest BCUT2D eigenvalue weighted by atomic mass is 10.2. The molecule has 4 rings (SSSR count). The zero-order valence-electron chi connectivity index (χ0n) is 14.8. The van der Waals surface area contributed by atoms with E-state index in [1.807, 2.05) is 18.2 Å². The third-order valence-corrected chi connectivity index (χ3v) is 5.22. The Bertz CT molecular complexity index is 1390. The molecule has 0 bridgehead atoms. The number of hydrogen-bond donors (Lipinski definition) is 0. The molecule has 0 saturated heterocycles. The minimum atomic E-state index is -0.646. The number of nitrogens with zero attached hydrogens (tertiary/aromatic N) is 2. The van der Waals surface area contributed by atoms with Crippen molar-refractivity contribution in [2.75, 3.05) is 7.11 Å². The summed E-state index contributed by atoms with van der Waals surface area (Å²) in [6.45, 7) is 0.250. The Kier molecular flexibility index (Phi) is 4.55. The molecule has 0 aliphatic rings. The smallest absolute Gasteiger partial charge is 0.315 e. The van der Waals surface area contributed by atoms with E-state index in [1.165, 1.54) is 11.3 Å². The average Bonchev–Trinajstić information content (AvgIpc) is 3.04. The summed E-state index contributed by atoms with van der Waals surface area (Å²) >= 11 is 1.30. The Balaban J connectivity index is 1.87. The number of ether oxygens (including phenoxy) is 1. The zero-order chi connectivity index (χ0) is 19.7. The number of carbonyl (C=O) groups is 1. The van der Waals surface area contributed by atoms with Gasteiger partial charge in [-0.25, -0.2) is 0 Å². The van der Waals surface area contributed by atoms with Crippen molar-refractivity contribution in [1.29, 1.82) is 0 Å². The van der Waals surface area contributed by atoms with Crippen LogP contribution in [0.5, 0.6) is 5.75 Å². The lowest BCUT2D eigenvalue weighted by Crippen LogP contribution is -2.17. The Morgan fingerprint density at radius 2 is 2.11 bits per heavy atom. The van der Waals surface area contributed by atoms with Crippen LogP contribution in [0.3, 0.4) is 0 Å². The number of methoxy groups -OCH3 is 1. The number of thiazole rings is 1. The van der Waals surface area contributed by atoms with Gasteiger partial charge in [0.25, 0.3) is 0 Å². The third-order valence-electron chi connectivity index (χ3n) is 4.18. The van der Waals surface area contributed by atoms with Crippen molar-refractivity contribution < 1.29 is 13.9 Å². The van der Waals surface area contributed by atoms with E-state index in [1.54, 1.807) is 35.9 Å². The van der Waals surface area contributed by atoms with Gasteiger partial charge in [0.2, 0.25) is 0 Å². The molecule has 0 unspecified atom stereocenters. The van der Waals surface area contributed by atoms with Crippen molar-refractivity contribution >= 4 is 38.4 Å². The number of fused-ring (bicyclic) bond motifs is 2. The van der Waals surface area contributed by atoms with Crippen LogP contribution in [-0.2, 0) is 6.54 Å². The summed E-state index contributed by atoms with van der Waals surface area (Å²) in [6, 6.07) is 13.4. The number of para-hydroxylation sites is 1. The Hall–Kier alpha value is -3.63. The van der Waals surface area contributed by atoms with Crippen molar-refractivity contribution in [1.82, 2.24) is 4.57 Å². The summed E-state index contributed by atoms with van der Waals surface area (Å²) in [5.41, 5.74) is 0.888. The molecule has 2 aromatic heterocycles. The van der Waals surface area contributed by atoms with E-state index in [-0.39, 0.29) is 17.7 Å². The van der Waals surface area contributed by atoms with Crippen LogP contribution in [0.15, 0.2) is 62.7 Å². The lowest BCUT2D eigenvalue weighted by molar-refractivity contribution is 0.0972. The second-order valence-electron chi connectivity index (χ2n) is 5.90. The number of aromatic nitrogens is 1. The summed E-state index contributed by atoms with van der Waals surface area (Å²) in [5.74, 6) is 2.50. The van der Waals surface area contributed by atoms with Crippen molar-refractivity contribution in [3.05, 3.63) is 69.3 Å². The van der Waals surface area contributed by atoms with Crippen LogP contribution in [-0.4, -0.2) is 17.6 Å². The molecule has 0 N–H and O–H groups in total. The maximum Gasteiger partial charge on any atom is 0.315 e. The molecule has 4 aromatic rings. The van der Waals surface area contributed by atoms with E-state index >= 15 is 0 Å². The number of hydrogen-bond acceptors (Lipinski definition) is 5. The number of terminal acetylenes is 1. The number of benzene rings is 2. The predicted octanol–water partition coefficient (Wildman–Crippen LogP) is 3.19. The quantitative estimate of drug-likeness (QED) is 0.504. The highest BCUT2D eigenvalue weighted by Crippen LogP contribution is 2.23. The van der Waals surface area contributed by atoms with Crippen LogP contribution >= 0.6 is 11.3 Å². The topological polar surface area (TPSA) is 73.8 Å². The van der Waals surface area contributed by atoms with Crippen LogP contribution < -0.4 is 15.0 Å². The van der Waals surface area contributed by atoms with E-state index in [2.05, 4.69) is 10.9 Å². The molecule has 0 aliphatic heterocycles. The van der Waals surface area contributed by atoms with Gasteiger partial charge in [-0.2, -0.15) is 4.99 Å². The van der Waals surface area contributed by atoms with Gasteiger partial charge in [-0.05, 0) is 30.3 Å². The fraction of sp³-hybridized carbons (Fsp3) is 0.0952. The molecule has 7 heteroatoms. The zero-order valence-corrected chi connectivity index (χ0v) is 15.7. The first-order valence-electron chi connectivity index (χ1n) is 8.33. The van der Waals surface area contributed by atoms with Crippen LogP contribution in [0.2, 0.25) is 0 Å². The number of amides is 1. The van der Waals surface area contributed by atoms with Gasteiger partial charge in [-0.15, -0.1) is 6.42 Å². The Labute approximate surface area is 163 Å². The van der Waals surface area contributed by atoms with Gasteiger partial charge in [0, 0.05) is 6.07 Å². The minimum absolute atomic E-state index is 0.119. The molecular weight excluding hydrogens is 376 g/mol. The summed E-state index contributed by atoms with van der Waals surface area (Å²) in [7, 11) is 1.58. The maximum absolute atomic E-state index is 12.7. The largest absolute Gasteiger partial charge is 0.497 e. The molecule has 2 heterocycles. The normalized spacial score (nSPS) is 11.6. The second-order valence-corrected chi connectivity index (χ2v) is 6.91. The molecule has 138 valence electrons. The Morgan fingerprint density at radius 3 is 2.89 bits per heavy atom. The van der Waals surface area contributed by atoms with E-state index in [0.29, 0.717) is 21.5 Å². The van der Waals surface area contributed by atoms with Gasteiger partial charge in [-0.3, -0.25) is 9.59 Å². The molecule has 6 nitrogen and oxygen atoms in total. The van der Waals surface area contributed by atoms with Gasteiger partial charge >= 0.3 is 5.91 Å². The first kappa shape index (κ1) is 17.8. The summed E-state index contributed by atoms with van der Waals surface area (Å²) in [6.07, 6.45) is 5.48. The van der Waals surface area contributed by atoms with Crippen LogP contribution in [0.4, 0.5) is 0 Å². The monoisotopic (exact) mass is 390 g/mol. The van der Waals surface area contributed by atoms with Gasteiger partial charge < -0.3 is 13.7 Å². The second kappa shape index (κ2) is 7.18. The maximum atomic E-state index is 12.7. The first-order valence-corrected chi connectivity index (χ1v) is 9.15. The SMILES string of the molecule is C#CCn1c(=NC(=O)c2cc(=O)c3ccccc3o2)sc2cc(OC)ccc21. The highest BCUT2D eigenvalue weighted by Gasteiger charge is 2.13. The van der Waals surface area contributed by atoms with Gasteiger partial charge in [-0.1, -0.05) is 29.4 Å². The highest BCUT2D eigenvalue weighted by atomic mass is 32.1. The van der Waals surface area contributed by atoms with Gasteiger partial charge in [0.05, 0.1) is 29.3 Å². The molecule has 28 heavy (non-hydrogen) atoms. The number of rotatable bonds is 3. The molecule has 1 amide bonds. The molecule has 0 radical (unpaired) electrons. The Morgan fingerprint density at radius 1 is 1.29 bits per heavy atom. The van der Waals surface area contributed by atoms with Crippen LogP contribution in [0.25, 0.3) is 21.2 Å². The average molecular weight is 390 g/mol. The number of carbonyl (C=O) groups excluding carboxylic acids is 1. The summed E-state index contributed by atoms with van der Waals surface area (Å²) < 4.78 is 13.5. The van der Waals surface area contributed by atoms with E-state index in [9.17, 15) is 9.59 Å². The lowest BCUT2D eigenvalue weighted by Gasteiger charge is -2.02. The summed E-state index contributed by atoms with van der Waals surface area (Å²) in [4.78, 5) is 29.5. The molecule has 2 aromatic carbocycles. The minimum Gasteiger partial charge on any atom is -0.497 e. The molecule has 0 spiro atoms. The van der Waals surface area contributed by atoms with Gasteiger partial charge in [0.15, 0.2) is 16.0 Å². The molecule has 0 saturated carbocycles. The van der Waals surface area contributed by atoms with Crippen molar-refractivity contribution in [2.24, 2.45) is 4.99 Å². The fourth-order valence-corrected chi connectivity index (χ4v) is 3.92. The molecule has 0 fully saturated rings. The molecule has 0 aliphatic carbocycles. The molecule has 0 atom stereocenters. The van der Waals surface area contributed by atoms with E-state index < -0.39 is 5.91 Å². The van der Waals surface area contributed by atoms with E-state index in [0.717, 1.165) is 16.3 Å². The van der Waals surface area contributed by atoms with Crippen LogP contribution in [0.1, 0.15) is 10.6 Å². The first-order chi connectivity index (χ1) is 13.6. The fourth-order valence-electron chi connectivity index (χ4n) is 2.86. The third kappa shape index (κ3) is 3.10. The van der Waals surface area contributed by atoms with Crippen molar-refractivity contribution in [3.63, 3.8) is 0 Å². The predicted molar refractivity (Wildman–Crippen MR) is 108 cm³/mol. The standard InChI is InChI=1S/C21H14N2O4S/c1-3-10-23-15-9-8-13(26-2)11-19(15)28-21(23)22-20(25)18-12-16(24)14-6-4-5-7-17(14)27-18/h1,4-9,11-12H,10H2,2H3. The molecular formula is C21H14N2O4S. The van der Waals surface area contributed by atoms with Crippen molar-refractivity contribution in [2.45, 2.75) is 6.54 Å². The highest BCUT2D eigenvalue weighted by molar-refractivity contribution is 7.16.